The molecule has 1 fully saturated rings. The minimum absolute atomic E-state index is 0.292. The highest BCUT2D eigenvalue weighted by atomic mass is 16.5. The third-order valence-electron chi connectivity index (χ3n) is 2.85. The maximum atomic E-state index is 10.3. The van der Waals surface area contributed by atoms with Crippen molar-refractivity contribution in [1.29, 1.82) is 0 Å². The summed E-state index contributed by atoms with van der Waals surface area (Å²) in [5.41, 5.74) is 1.17. The van der Waals surface area contributed by atoms with E-state index in [1.807, 2.05) is 24.3 Å². The summed E-state index contributed by atoms with van der Waals surface area (Å²) >= 11 is 0. The van der Waals surface area contributed by atoms with Crippen LogP contribution in [0.3, 0.4) is 0 Å². The zero-order valence-corrected chi connectivity index (χ0v) is 9.22. The van der Waals surface area contributed by atoms with Gasteiger partial charge in [0.05, 0.1) is 0 Å². The molecule has 4 nitrogen and oxygen atoms in total. The van der Waals surface area contributed by atoms with E-state index in [4.69, 9.17) is 9.84 Å². The summed E-state index contributed by atoms with van der Waals surface area (Å²) in [6.45, 7) is 2.99. The van der Waals surface area contributed by atoms with E-state index in [2.05, 4.69) is 11.8 Å². The quantitative estimate of drug-likeness (QED) is 0.841. The first-order valence-corrected chi connectivity index (χ1v) is 5.38. The van der Waals surface area contributed by atoms with Crippen molar-refractivity contribution in [2.24, 2.45) is 0 Å². The molecule has 1 heterocycles. The minimum atomic E-state index is -0.958. The molecular weight excluding hydrogens is 206 g/mol. The highest BCUT2D eigenvalue weighted by Crippen LogP contribution is 2.27. The average molecular weight is 221 g/mol. The van der Waals surface area contributed by atoms with Crippen molar-refractivity contribution < 1.29 is 14.6 Å². The van der Waals surface area contributed by atoms with E-state index in [0.717, 1.165) is 6.54 Å². The molecule has 4 heteroatoms. The van der Waals surface area contributed by atoms with Gasteiger partial charge in [-0.25, -0.2) is 4.79 Å². The normalized spacial score (nSPS) is 19.1. The molecule has 2 rings (SSSR count). The first kappa shape index (κ1) is 10.8. The maximum Gasteiger partial charge on any atom is 0.341 e. The Morgan fingerprint density at radius 2 is 2.19 bits per heavy atom. The maximum absolute atomic E-state index is 10.3. The number of carbonyl (C=O) groups is 1. The lowest BCUT2D eigenvalue weighted by Crippen LogP contribution is -2.45. The second kappa shape index (κ2) is 4.43. The lowest BCUT2D eigenvalue weighted by Gasteiger charge is -2.40. The fourth-order valence-electron chi connectivity index (χ4n) is 1.78. The largest absolute Gasteiger partial charge is 0.482 e. The van der Waals surface area contributed by atoms with Gasteiger partial charge in [0.15, 0.2) is 6.61 Å². The number of hydrogen-bond donors (Lipinski definition) is 1. The van der Waals surface area contributed by atoms with Crippen molar-refractivity contribution >= 4 is 11.7 Å². The Bertz CT molecular complexity index is 374. The number of aliphatic carboxylic acids is 1. The summed E-state index contributed by atoms with van der Waals surface area (Å²) in [6.07, 6.45) is 1.23. The van der Waals surface area contributed by atoms with E-state index in [1.165, 1.54) is 12.1 Å². The SMILES string of the molecule is CC1CCN1c1ccc(OCC(=O)O)cc1. The van der Waals surface area contributed by atoms with Gasteiger partial charge >= 0.3 is 5.97 Å². The van der Waals surface area contributed by atoms with Gasteiger partial charge in [0.2, 0.25) is 0 Å². The number of hydrogen-bond acceptors (Lipinski definition) is 3. The molecule has 1 saturated heterocycles. The highest BCUT2D eigenvalue weighted by molar-refractivity contribution is 5.68. The molecular formula is C12H15NO3. The van der Waals surface area contributed by atoms with Gasteiger partial charge in [0.1, 0.15) is 5.75 Å². The van der Waals surface area contributed by atoms with E-state index >= 15 is 0 Å². The molecule has 86 valence electrons. The summed E-state index contributed by atoms with van der Waals surface area (Å²) in [4.78, 5) is 12.6. The molecule has 1 aromatic carbocycles. The van der Waals surface area contributed by atoms with Gasteiger partial charge in [-0.3, -0.25) is 0 Å². The number of benzene rings is 1. The van der Waals surface area contributed by atoms with Crippen LogP contribution >= 0.6 is 0 Å². The van der Waals surface area contributed by atoms with Crippen LogP contribution in [0.15, 0.2) is 24.3 Å². The predicted molar refractivity (Wildman–Crippen MR) is 61.0 cm³/mol. The summed E-state index contributed by atoms with van der Waals surface area (Å²) < 4.78 is 5.06. The molecule has 1 aliphatic rings. The Kier molecular flexibility index (Phi) is 2.99. The van der Waals surface area contributed by atoms with E-state index in [9.17, 15) is 4.79 Å². The van der Waals surface area contributed by atoms with E-state index < -0.39 is 5.97 Å². The summed E-state index contributed by atoms with van der Waals surface area (Å²) in [5, 5.41) is 8.47. The number of nitrogens with zero attached hydrogens (tertiary/aromatic N) is 1. The molecule has 1 aromatic rings. The molecule has 0 saturated carbocycles. The Labute approximate surface area is 94.4 Å². The number of rotatable bonds is 4. The summed E-state index contributed by atoms with van der Waals surface area (Å²) in [7, 11) is 0. The molecule has 0 amide bonds. The molecule has 1 unspecified atom stereocenters. The van der Waals surface area contributed by atoms with Crippen molar-refractivity contribution in [3.63, 3.8) is 0 Å². The van der Waals surface area contributed by atoms with E-state index in [-0.39, 0.29) is 6.61 Å². The number of ether oxygens (including phenoxy) is 1. The predicted octanol–water partition coefficient (Wildman–Crippen LogP) is 1.75. The minimum Gasteiger partial charge on any atom is -0.482 e. The van der Waals surface area contributed by atoms with Gasteiger partial charge in [0.25, 0.3) is 0 Å². The Morgan fingerprint density at radius 1 is 1.50 bits per heavy atom. The molecule has 1 aliphatic heterocycles. The molecule has 0 radical (unpaired) electrons. The Morgan fingerprint density at radius 3 is 2.62 bits per heavy atom. The first-order valence-electron chi connectivity index (χ1n) is 5.38. The molecule has 16 heavy (non-hydrogen) atoms. The Balaban J connectivity index is 1.96. The van der Waals surface area contributed by atoms with Crippen molar-refractivity contribution in [2.45, 2.75) is 19.4 Å². The lowest BCUT2D eigenvalue weighted by molar-refractivity contribution is -0.139. The molecule has 0 spiro atoms. The van der Waals surface area contributed by atoms with Crippen LogP contribution in [0.2, 0.25) is 0 Å². The molecule has 1 N–H and O–H groups in total. The van der Waals surface area contributed by atoms with E-state index in [0.29, 0.717) is 11.8 Å². The van der Waals surface area contributed by atoms with Gasteiger partial charge in [-0.1, -0.05) is 0 Å². The summed E-state index contributed by atoms with van der Waals surface area (Å²) in [6, 6.07) is 8.15. The van der Waals surface area contributed by atoms with Crippen molar-refractivity contribution in [1.82, 2.24) is 0 Å². The van der Waals surface area contributed by atoms with Crippen LogP contribution in [0.5, 0.6) is 5.75 Å². The average Bonchev–Trinajstić information content (AvgIpc) is 2.26. The topological polar surface area (TPSA) is 49.8 Å². The van der Waals surface area contributed by atoms with E-state index in [1.54, 1.807) is 0 Å². The number of carboxylic acid groups (broad SMARTS) is 1. The zero-order valence-electron chi connectivity index (χ0n) is 9.22. The fourth-order valence-corrected chi connectivity index (χ4v) is 1.78. The highest BCUT2D eigenvalue weighted by Gasteiger charge is 2.23. The molecule has 0 bridgehead atoms. The van der Waals surface area contributed by atoms with Gasteiger partial charge in [0, 0.05) is 18.3 Å². The van der Waals surface area contributed by atoms with Crippen LogP contribution < -0.4 is 9.64 Å². The smallest absolute Gasteiger partial charge is 0.341 e. The van der Waals surface area contributed by atoms with Crippen LogP contribution in [-0.4, -0.2) is 30.3 Å². The second-order valence-corrected chi connectivity index (χ2v) is 4.01. The van der Waals surface area contributed by atoms with Gasteiger partial charge < -0.3 is 14.7 Å². The molecule has 0 aromatic heterocycles. The first-order chi connectivity index (χ1) is 7.66. The number of anilines is 1. The monoisotopic (exact) mass is 221 g/mol. The lowest BCUT2D eigenvalue weighted by atomic mass is 10.0. The standard InChI is InChI=1S/C12H15NO3/c1-9-6-7-13(9)10-2-4-11(5-3-10)16-8-12(14)15/h2-5,9H,6-8H2,1H3,(H,14,15). The van der Waals surface area contributed by atoms with Crippen LogP contribution in [0, 0.1) is 0 Å². The van der Waals surface area contributed by atoms with Crippen LogP contribution in [0.25, 0.3) is 0 Å². The van der Waals surface area contributed by atoms with Crippen molar-refractivity contribution in [3.8, 4) is 5.75 Å². The van der Waals surface area contributed by atoms with Crippen LogP contribution in [-0.2, 0) is 4.79 Å². The zero-order chi connectivity index (χ0) is 11.5. The fraction of sp³-hybridized carbons (Fsp3) is 0.417. The van der Waals surface area contributed by atoms with Crippen molar-refractivity contribution in [3.05, 3.63) is 24.3 Å². The van der Waals surface area contributed by atoms with Gasteiger partial charge in [-0.2, -0.15) is 0 Å². The number of carboxylic acids is 1. The van der Waals surface area contributed by atoms with Gasteiger partial charge in [-0.05, 0) is 37.6 Å². The summed E-state index contributed by atoms with van der Waals surface area (Å²) in [5.74, 6) is -0.361. The van der Waals surface area contributed by atoms with Crippen LogP contribution in [0.4, 0.5) is 5.69 Å². The third-order valence-corrected chi connectivity index (χ3v) is 2.85. The van der Waals surface area contributed by atoms with Crippen molar-refractivity contribution in [2.75, 3.05) is 18.1 Å². The third kappa shape index (κ3) is 2.27. The van der Waals surface area contributed by atoms with Gasteiger partial charge in [-0.15, -0.1) is 0 Å². The molecule has 1 atom stereocenters. The van der Waals surface area contributed by atoms with Crippen LogP contribution in [0.1, 0.15) is 13.3 Å². The second-order valence-electron chi connectivity index (χ2n) is 4.01. The Hall–Kier alpha value is -1.71. The molecule has 0 aliphatic carbocycles.